The maximum absolute atomic E-state index is 12.9. The number of hydrogen-bond donors (Lipinski definition) is 1. The van der Waals surface area contributed by atoms with E-state index in [4.69, 9.17) is 5.26 Å². The van der Waals surface area contributed by atoms with Crippen molar-refractivity contribution in [2.45, 2.75) is 33.6 Å². The van der Waals surface area contributed by atoms with Crippen LogP contribution in [-0.2, 0) is 4.79 Å². The second-order valence-electron chi connectivity index (χ2n) is 9.70. The fourth-order valence-corrected chi connectivity index (χ4v) is 4.91. The van der Waals surface area contributed by atoms with Crippen LogP contribution in [0.25, 0.3) is 0 Å². The number of benzene rings is 1. The number of allylic oxidation sites excluding steroid dienone is 1. The lowest BCUT2D eigenvalue weighted by Gasteiger charge is -2.38. The molecule has 2 aliphatic rings. The van der Waals surface area contributed by atoms with E-state index in [1.54, 1.807) is 24.3 Å². The first kappa shape index (κ1) is 24.0. The van der Waals surface area contributed by atoms with Crippen molar-refractivity contribution < 1.29 is 9.59 Å². The SMILES string of the molecule is CC1=CC(CNC(=O)c2ccc(C#N)cc2)C(C(C)C)CC1CC(=O)N1CCN(C)CC1. The number of amides is 2. The maximum atomic E-state index is 12.9. The minimum atomic E-state index is -0.115. The largest absolute Gasteiger partial charge is 0.351 e. The molecule has 0 bridgehead atoms. The molecule has 1 fully saturated rings. The summed E-state index contributed by atoms with van der Waals surface area (Å²) >= 11 is 0. The number of piperazine rings is 1. The molecule has 1 aromatic rings. The summed E-state index contributed by atoms with van der Waals surface area (Å²) in [6, 6.07) is 8.78. The van der Waals surface area contributed by atoms with Crippen LogP contribution in [-0.4, -0.2) is 61.4 Å². The average Bonchev–Trinajstić information content (AvgIpc) is 2.79. The minimum absolute atomic E-state index is 0.115. The van der Waals surface area contributed by atoms with Gasteiger partial charge in [-0.15, -0.1) is 0 Å². The zero-order valence-corrected chi connectivity index (χ0v) is 19.8. The van der Waals surface area contributed by atoms with E-state index in [1.807, 2.05) is 4.90 Å². The number of hydrogen-bond acceptors (Lipinski definition) is 4. The van der Waals surface area contributed by atoms with Crippen LogP contribution in [0.3, 0.4) is 0 Å². The zero-order chi connectivity index (χ0) is 23.3. The van der Waals surface area contributed by atoms with Gasteiger partial charge in [-0.2, -0.15) is 5.26 Å². The van der Waals surface area contributed by atoms with Crippen molar-refractivity contribution in [1.82, 2.24) is 15.1 Å². The highest BCUT2D eigenvalue weighted by Gasteiger charge is 2.33. The van der Waals surface area contributed by atoms with Crippen molar-refractivity contribution in [1.29, 1.82) is 5.26 Å². The molecule has 3 unspecified atom stereocenters. The predicted octanol–water partition coefficient (Wildman–Crippen LogP) is 3.31. The lowest BCUT2D eigenvalue weighted by Crippen LogP contribution is -2.47. The van der Waals surface area contributed by atoms with E-state index in [2.05, 4.69) is 50.2 Å². The summed E-state index contributed by atoms with van der Waals surface area (Å²) in [5, 5.41) is 12.0. The molecule has 0 radical (unpaired) electrons. The molecule has 3 atom stereocenters. The number of likely N-dealkylation sites (N-methyl/N-ethyl adjacent to an activating group) is 1. The average molecular weight is 437 g/mol. The summed E-state index contributed by atoms with van der Waals surface area (Å²) < 4.78 is 0. The van der Waals surface area contributed by atoms with E-state index in [0.29, 0.717) is 35.9 Å². The number of nitrogens with one attached hydrogen (secondary N) is 1. The second-order valence-corrected chi connectivity index (χ2v) is 9.70. The Kier molecular flexibility index (Phi) is 8.09. The summed E-state index contributed by atoms with van der Waals surface area (Å²) in [6.07, 6.45) is 3.85. The molecule has 1 saturated heterocycles. The Hall–Kier alpha value is -2.65. The van der Waals surface area contributed by atoms with E-state index in [1.165, 1.54) is 5.57 Å². The summed E-state index contributed by atoms with van der Waals surface area (Å²) in [5.74, 6) is 1.58. The van der Waals surface area contributed by atoms with Crippen LogP contribution in [0.15, 0.2) is 35.9 Å². The number of rotatable bonds is 6. The molecule has 1 N–H and O–H groups in total. The molecular weight excluding hydrogens is 400 g/mol. The van der Waals surface area contributed by atoms with Gasteiger partial charge >= 0.3 is 0 Å². The van der Waals surface area contributed by atoms with Gasteiger partial charge in [-0.25, -0.2) is 0 Å². The van der Waals surface area contributed by atoms with E-state index in [9.17, 15) is 9.59 Å². The monoisotopic (exact) mass is 436 g/mol. The normalized spacial score (nSPS) is 24.1. The van der Waals surface area contributed by atoms with Crippen LogP contribution in [0, 0.1) is 35.0 Å². The van der Waals surface area contributed by atoms with Crippen LogP contribution >= 0.6 is 0 Å². The van der Waals surface area contributed by atoms with Crippen LogP contribution in [0.4, 0.5) is 0 Å². The minimum Gasteiger partial charge on any atom is -0.351 e. The molecule has 6 nitrogen and oxygen atoms in total. The highest BCUT2D eigenvalue weighted by molar-refractivity contribution is 5.94. The van der Waals surface area contributed by atoms with Crippen molar-refractivity contribution in [3.63, 3.8) is 0 Å². The van der Waals surface area contributed by atoms with Gasteiger partial charge in [-0.05, 0) is 68.3 Å². The quantitative estimate of drug-likeness (QED) is 0.694. The van der Waals surface area contributed by atoms with Crippen LogP contribution in [0.1, 0.15) is 49.5 Å². The number of carbonyl (C=O) groups excluding carboxylic acids is 2. The smallest absolute Gasteiger partial charge is 0.251 e. The summed E-state index contributed by atoms with van der Waals surface area (Å²) in [5.41, 5.74) is 2.38. The van der Waals surface area contributed by atoms with Crippen LogP contribution in [0.2, 0.25) is 0 Å². The Morgan fingerprint density at radius 3 is 2.41 bits per heavy atom. The molecule has 1 aliphatic heterocycles. The first-order chi connectivity index (χ1) is 15.3. The second kappa shape index (κ2) is 10.8. The topological polar surface area (TPSA) is 76.4 Å². The Balaban J connectivity index is 1.61. The molecule has 172 valence electrons. The summed E-state index contributed by atoms with van der Waals surface area (Å²) in [7, 11) is 2.10. The fourth-order valence-electron chi connectivity index (χ4n) is 4.91. The van der Waals surface area contributed by atoms with Gasteiger partial charge in [-0.3, -0.25) is 9.59 Å². The molecule has 2 amide bonds. The molecule has 1 heterocycles. The van der Waals surface area contributed by atoms with Crippen molar-refractivity contribution in [3.05, 3.63) is 47.0 Å². The lowest BCUT2D eigenvalue weighted by molar-refractivity contribution is -0.133. The van der Waals surface area contributed by atoms with Gasteiger partial charge < -0.3 is 15.1 Å². The Morgan fingerprint density at radius 1 is 1.16 bits per heavy atom. The van der Waals surface area contributed by atoms with Crippen molar-refractivity contribution in [2.75, 3.05) is 39.8 Å². The van der Waals surface area contributed by atoms with Crippen molar-refractivity contribution >= 4 is 11.8 Å². The van der Waals surface area contributed by atoms with E-state index >= 15 is 0 Å². The third kappa shape index (κ3) is 5.98. The Morgan fingerprint density at radius 2 is 1.81 bits per heavy atom. The summed E-state index contributed by atoms with van der Waals surface area (Å²) in [6.45, 7) is 10.7. The molecule has 0 saturated carbocycles. The van der Waals surface area contributed by atoms with Gasteiger partial charge in [0.2, 0.25) is 5.91 Å². The standard InChI is InChI=1S/C26H36N4O2/c1-18(2)24-14-22(15-25(31)30-11-9-29(4)10-12-30)19(3)13-23(24)17-28-26(32)21-7-5-20(16-27)6-8-21/h5-8,13,18,22-24H,9-12,14-15,17H2,1-4H3,(H,28,32). The van der Waals surface area contributed by atoms with Crippen molar-refractivity contribution in [3.8, 4) is 6.07 Å². The van der Waals surface area contributed by atoms with Crippen LogP contribution in [0.5, 0.6) is 0 Å². The predicted molar refractivity (Wildman–Crippen MR) is 126 cm³/mol. The molecule has 0 aromatic heterocycles. The molecule has 3 rings (SSSR count). The number of carbonyl (C=O) groups is 2. The maximum Gasteiger partial charge on any atom is 0.251 e. The third-order valence-electron chi connectivity index (χ3n) is 7.14. The lowest BCUT2D eigenvalue weighted by atomic mass is 9.69. The Bertz CT molecular complexity index is 876. The van der Waals surface area contributed by atoms with E-state index in [-0.39, 0.29) is 23.7 Å². The zero-order valence-electron chi connectivity index (χ0n) is 19.8. The molecule has 0 spiro atoms. The third-order valence-corrected chi connectivity index (χ3v) is 7.14. The van der Waals surface area contributed by atoms with E-state index in [0.717, 1.165) is 32.6 Å². The van der Waals surface area contributed by atoms with Gasteiger partial charge in [-0.1, -0.05) is 25.5 Å². The van der Waals surface area contributed by atoms with Gasteiger partial charge in [0.05, 0.1) is 11.6 Å². The van der Waals surface area contributed by atoms with Gasteiger partial charge in [0, 0.05) is 44.7 Å². The van der Waals surface area contributed by atoms with Crippen LogP contribution < -0.4 is 5.32 Å². The molecule has 1 aromatic carbocycles. The molecule has 1 aliphatic carbocycles. The van der Waals surface area contributed by atoms with Gasteiger partial charge in [0.25, 0.3) is 5.91 Å². The fraction of sp³-hybridized carbons (Fsp3) is 0.577. The van der Waals surface area contributed by atoms with Gasteiger partial charge in [0.15, 0.2) is 0 Å². The van der Waals surface area contributed by atoms with Gasteiger partial charge in [0.1, 0.15) is 0 Å². The first-order valence-electron chi connectivity index (χ1n) is 11.7. The highest BCUT2D eigenvalue weighted by Crippen LogP contribution is 2.39. The molecule has 6 heteroatoms. The summed E-state index contributed by atoms with van der Waals surface area (Å²) in [4.78, 5) is 29.8. The highest BCUT2D eigenvalue weighted by atomic mass is 16.2. The number of nitrogens with zero attached hydrogens (tertiary/aromatic N) is 3. The molecule has 32 heavy (non-hydrogen) atoms. The first-order valence-corrected chi connectivity index (χ1v) is 11.7. The Labute approximate surface area is 192 Å². The number of nitriles is 1. The molecular formula is C26H36N4O2. The van der Waals surface area contributed by atoms with E-state index < -0.39 is 0 Å². The van der Waals surface area contributed by atoms with Crippen molar-refractivity contribution in [2.24, 2.45) is 23.7 Å².